The molecular formula is C27H22N2. The highest BCUT2D eigenvalue weighted by Gasteiger charge is 2.13. The van der Waals surface area contributed by atoms with E-state index in [1.54, 1.807) is 0 Å². The highest BCUT2D eigenvalue weighted by molar-refractivity contribution is 5.74. The van der Waals surface area contributed by atoms with Gasteiger partial charge >= 0.3 is 0 Å². The minimum Gasteiger partial charge on any atom is -0.321 e. The van der Waals surface area contributed by atoms with Crippen LogP contribution in [0.25, 0.3) is 33.8 Å². The molecule has 0 aliphatic carbocycles. The van der Waals surface area contributed by atoms with Gasteiger partial charge in [-0.15, -0.1) is 0 Å². The molecule has 2 heterocycles. The van der Waals surface area contributed by atoms with Crippen molar-refractivity contribution < 1.29 is 0 Å². The van der Waals surface area contributed by atoms with Gasteiger partial charge in [0.25, 0.3) is 0 Å². The number of para-hydroxylation sites is 2. The summed E-state index contributed by atoms with van der Waals surface area (Å²) < 4.78 is 4.53. The molecule has 5 rings (SSSR count). The average molecular weight is 374 g/mol. The lowest BCUT2D eigenvalue weighted by atomic mass is 10.1. The van der Waals surface area contributed by atoms with Crippen LogP contribution in [-0.4, -0.2) is 9.13 Å². The molecule has 0 unspecified atom stereocenters. The van der Waals surface area contributed by atoms with Gasteiger partial charge in [-0.25, -0.2) is 0 Å². The average Bonchev–Trinajstić information content (AvgIpc) is 3.40. The minimum atomic E-state index is 1.16. The summed E-state index contributed by atoms with van der Waals surface area (Å²) in [7, 11) is 0. The fraction of sp³-hybridized carbons (Fsp3) is 0.0370. The quantitative estimate of drug-likeness (QED) is 0.323. The van der Waals surface area contributed by atoms with Crippen LogP contribution >= 0.6 is 0 Å². The summed E-state index contributed by atoms with van der Waals surface area (Å²) >= 11 is 0. The number of aryl methyl sites for hydroxylation is 1. The molecule has 29 heavy (non-hydrogen) atoms. The SMILES string of the molecule is Cc1cc(-c2cc(-c3ccccc3)n(-c3ccccc3)c2)cn1-c1ccccc1. The van der Waals surface area contributed by atoms with E-state index in [4.69, 9.17) is 0 Å². The van der Waals surface area contributed by atoms with E-state index in [9.17, 15) is 0 Å². The molecule has 140 valence electrons. The lowest BCUT2D eigenvalue weighted by Gasteiger charge is -2.09. The van der Waals surface area contributed by atoms with E-state index in [1.165, 1.54) is 33.8 Å². The van der Waals surface area contributed by atoms with Gasteiger partial charge < -0.3 is 9.13 Å². The van der Waals surface area contributed by atoms with E-state index in [0.717, 1.165) is 5.69 Å². The van der Waals surface area contributed by atoms with Crippen LogP contribution in [0, 0.1) is 6.92 Å². The fourth-order valence-electron chi connectivity index (χ4n) is 3.85. The van der Waals surface area contributed by atoms with E-state index in [1.807, 2.05) is 0 Å². The van der Waals surface area contributed by atoms with Crippen molar-refractivity contribution in [2.75, 3.05) is 0 Å². The van der Waals surface area contributed by atoms with Crippen molar-refractivity contribution in [3.05, 3.63) is 121 Å². The van der Waals surface area contributed by atoms with Crippen molar-refractivity contribution in [3.63, 3.8) is 0 Å². The Morgan fingerprint density at radius 2 is 0.966 bits per heavy atom. The molecule has 0 aliphatic rings. The molecule has 0 N–H and O–H groups in total. The third-order valence-corrected chi connectivity index (χ3v) is 5.30. The van der Waals surface area contributed by atoms with Gasteiger partial charge in [-0.05, 0) is 48.9 Å². The van der Waals surface area contributed by atoms with Crippen LogP contribution in [0.4, 0.5) is 0 Å². The van der Waals surface area contributed by atoms with E-state index >= 15 is 0 Å². The number of nitrogens with zero attached hydrogens (tertiary/aromatic N) is 2. The van der Waals surface area contributed by atoms with Crippen molar-refractivity contribution >= 4 is 0 Å². The van der Waals surface area contributed by atoms with E-state index in [2.05, 4.69) is 132 Å². The first-order valence-electron chi connectivity index (χ1n) is 9.87. The summed E-state index contributed by atoms with van der Waals surface area (Å²) in [5, 5.41) is 0. The monoisotopic (exact) mass is 374 g/mol. The molecule has 0 amide bonds. The standard InChI is InChI=1S/C27H22N2/c1-21-17-23(19-28(21)25-13-7-3-8-14-25)24-18-27(22-11-5-2-6-12-22)29(20-24)26-15-9-4-10-16-26/h2-20H,1H3. The summed E-state index contributed by atoms with van der Waals surface area (Å²) in [6, 6.07) is 36.1. The van der Waals surface area contributed by atoms with E-state index in [0.29, 0.717) is 0 Å². The van der Waals surface area contributed by atoms with Gasteiger partial charge in [0, 0.05) is 40.6 Å². The number of aromatic nitrogens is 2. The number of hydrogen-bond acceptors (Lipinski definition) is 0. The zero-order chi connectivity index (χ0) is 19.6. The Hall–Kier alpha value is -3.78. The maximum Gasteiger partial charge on any atom is 0.0534 e. The molecule has 0 atom stereocenters. The van der Waals surface area contributed by atoms with Crippen LogP contribution < -0.4 is 0 Å². The normalized spacial score (nSPS) is 10.9. The Balaban J connectivity index is 1.65. The lowest BCUT2D eigenvalue weighted by Crippen LogP contribution is -1.94. The van der Waals surface area contributed by atoms with Gasteiger partial charge in [-0.2, -0.15) is 0 Å². The largest absolute Gasteiger partial charge is 0.321 e. The van der Waals surface area contributed by atoms with Gasteiger partial charge in [-0.3, -0.25) is 0 Å². The molecular weight excluding hydrogens is 352 g/mol. The maximum absolute atomic E-state index is 2.28. The first kappa shape index (κ1) is 17.3. The molecule has 0 radical (unpaired) electrons. The fourth-order valence-corrected chi connectivity index (χ4v) is 3.85. The number of benzene rings is 3. The molecule has 5 aromatic rings. The highest BCUT2D eigenvalue weighted by atomic mass is 15.0. The Kier molecular flexibility index (Phi) is 4.38. The van der Waals surface area contributed by atoms with Gasteiger partial charge in [-0.1, -0.05) is 66.7 Å². The zero-order valence-corrected chi connectivity index (χ0v) is 16.4. The van der Waals surface area contributed by atoms with E-state index < -0.39 is 0 Å². The zero-order valence-electron chi connectivity index (χ0n) is 16.4. The van der Waals surface area contributed by atoms with Crippen molar-refractivity contribution in [2.45, 2.75) is 6.92 Å². The van der Waals surface area contributed by atoms with Crippen molar-refractivity contribution in [1.82, 2.24) is 9.13 Å². The molecule has 0 spiro atoms. The predicted octanol–water partition coefficient (Wildman–Crippen LogP) is 6.91. The highest BCUT2D eigenvalue weighted by Crippen LogP contribution is 2.32. The summed E-state index contributed by atoms with van der Waals surface area (Å²) in [6.07, 6.45) is 4.46. The van der Waals surface area contributed by atoms with Crippen LogP contribution in [-0.2, 0) is 0 Å². The van der Waals surface area contributed by atoms with Gasteiger partial charge in [0.2, 0.25) is 0 Å². The van der Waals surface area contributed by atoms with Crippen LogP contribution in [0.3, 0.4) is 0 Å². The molecule has 2 aromatic heterocycles. The smallest absolute Gasteiger partial charge is 0.0534 e. The molecule has 0 fully saturated rings. The maximum atomic E-state index is 2.28. The molecule has 0 aliphatic heterocycles. The third-order valence-electron chi connectivity index (χ3n) is 5.30. The Morgan fingerprint density at radius 1 is 0.483 bits per heavy atom. The number of rotatable bonds is 4. The first-order valence-corrected chi connectivity index (χ1v) is 9.87. The van der Waals surface area contributed by atoms with Gasteiger partial charge in [0.05, 0.1) is 5.69 Å². The molecule has 2 heteroatoms. The van der Waals surface area contributed by atoms with Gasteiger partial charge in [0.1, 0.15) is 0 Å². The lowest BCUT2D eigenvalue weighted by molar-refractivity contribution is 1.02. The molecule has 2 nitrogen and oxygen atoms in total. The molecule has 3 aromatic carbocycles. The second-order valence-electron chi connectivity index (χ2n) is 7.26. The van der Waals surface area contributed by atoms with Crippen LogP contribution in [0.1, 0.15) is 5.69 Å². The second kappa shape index (κ2) is 7.33. The molecule has 0 saturated heterocycles. The summed E-state index contributed by atoms with van der Waals surface area (Å²) in [5.41, 5.74) is 8.40. The predicted molar refractivity (Wildman–Crippen MR) is 121 cm³/mol. The summed E-state index contributed by atoms with van der Waals surface area (Å²) in [4.78, 5) is 0. The second-order valence-corrected chi connectivity index (χ2v) is 7.26. The summed E-state index contributed by atoms with van der Waals surface area (Å²) in [6.45, 7) is 2.16. The first-order chi connectivity index (χ1) is 14.3. The Labute approximate surface area is 171 Å². The molecule has 0 bridgehead atoms. The van der Waals surface area contributed by atoms with Gasteiger partial charge in [0.15, 0.2) is 0 Å². The number of hydrogen-bond donors (Lipinski definition) is 0. The Bertz CT molecular complexity index is 1170. The van der Waals surface area contributed by atoms with Crippen molar-refractivity contribution in [2.24, 2.45) is 0 Å². The minimum absolute atomic E-state index is 1.16. The van der Waals surface area contributed by atoms with Crippen LogP contribution in [0.15, 0.2) is 116 Å². The summed E-state index contributed by atoms with van der Waals surface area (Å²) in [5.74, 6) is 0. The topological polar surface area (TPSA) is 9.86 Å². The Morgan fingerprint density at radius 3 is 1.59 bits per heavy atom. The third kappa shape index (κ3) is 3.30. The van der Waals surface area contributed by atoms with E-state index in [-0.39, 0.29) is 0 Å². The van der Waals surface area contributed by atoms with Crippen molar-refractivity contribution in [1.29, 1.82) is 0 Å². The van der Waals surface area contributed by atoms with Crippen LogP contribution in [0.5, 0.6) is 0 Å². The molecule has 0 saturated carbocycles. The van der Waals surface area contributed by atoms with Crippen LogP contribution in [0.2, 0.25) is 0 Å². The van der Waals surface area contributed by atoms with Crippen molar-refractivity contribution in [3.8, 4) is 33.8 Å².